The molecule has 0 radical (unpaired) electrons. The zero-order valence-corrected chi connectivity index (χ0v) is 15.0. The van der Waals surface area contributed by atoms with Gasteiger partial charge >= 0.3 is 0 Å². The fourth-order valence-electron chi connectivity index (χ4n) is 3.19. The highest BCUT2D eigenvalue weighted by atomic mass is 16.6. The quantitative estimate of drug-likeness (QED) is 0.510. The highest BCUT2D eigenvalue weighted by Crippen LogP contribution is 2.18. The maximum atomic E-state index is 12.6. The van der Waals surface area contributed by atoms with E-state index >= 15 is 0 Å². The lowest BCUT2D eigenvalue weighted by atomic mass is 10.1. The monoisotopic (exact) mass is 378 g/mol. The largest absolute Gasteiger partial charge is 0.353 e. The van der Waals surface area contributed by atoms with Gasteiger partial charge in [0.05, 0.1) is 4.92 Å². The molecule has 0 atom stereocenters. The highest BCUT2D eigenvalue weighted by molar-refractivity contribution is 5.94. The molecule has 1 amide bonds. The standard InChI is InChI=1S/C19H18N6O3/c26-19(15-3-5-16(6-4-15)25(27)28)24-11-9-23(10-12-24)18-13-17(20-14-21-18)22-7-1-2-8-22/h1-8,13-14H,9-12H2. The predicted octanol–water partition coefficient (Wildman–Crippen LogP) is 2.14. The van der Waals surface area contributed by atoms with Crippen LogP contribution in [0.4, 0.5) is 11.5 Å². The number of hydrogen-bond acceptors (Lipinski definition) is 6. The normalized spacial score (nSPS) is 14.1. The number of anilines is 1. The summed E-state index contributed by atoms with van der Waals surface area (Å²) in [4.78, 5) is 35.4. The van der Waals surface area contributed by atoms with Crippen molar-refractivity contribution in [2.45, 2.75) is 0 Å². The molecule has 3 heterocycles. The molecule has 9 heteroatoms. The number of carbonyl (C=O) groups excluding carboxylic acids is 1. The van der Waals surface area contributed by atoms with Gasteiger partial charge in [-0.25, -0.2) is 9.97 Å². The number of rotatable bonds is 4. The molecule has 0 saturated carbocycles. The van der Waals surface area contributed by atoms with Crippen molar-refractivity contribution in [2.75, 3.05) is 31.1 Å². The van der Waals surface area contributed by atoms with Crippen LogP contribution >= 0.6 is 0 Å². The minimum Gasteiger partial charge on any atom is -0.353 e. The van der Waals surface area contributed by atoms with E-state index in [0.29, 0.717) is 31.7 Å². The molecule has 0 unspecified atom stereocenters. The molecule has 3 aromatic rings. The van der Waals surface area contributed by atoms with Gasteiger partial charge in [0.15, 0.2) is 0 Å². The third-order valence-electron chi connectivity index (χ3n) is 4.72. The molecule has 0 aliphatic carbocycles. The highest BCUT2D eigenvalue weighted by Gasteiger charge is 2.23. The smallest absolute Gasteiger partial charge is 0.269 e. The average Bonchev–Trinajstić information content (AvgIpc) is 3.28. The molecule has 0 N–H and O–H groups in total. The number of nitro benzene ring substituents is 1. The summed E-state index contributed by atoms with van der Waals surface area (Å²) < 4.78 is 1.92. The minimum atomic E-state index is -0.475. The zero-order chi connectivity index (χ0) is 19.5. The first kappa shape index (κ1) is 17.7. The van der Waals surface area contributed by atoms with Crippen molar-refractivity contribution in [3.63, 3.8) is 0 Å². The number of aromatic nitrogens is 3. The number of piperazine rings is 1. The first-order chi connectivity index (χ1) is 13.6. The van der Waals surface area contributed by atoms with Crippen molar-refractivity contribution in [3.8, 4) is 5.82 Å². The van der Waals surface area contributed by atoms with Crippen molar-refractivity contribution >= 4 is 17.4 Å². The Kier molecular flexibility index (Phi) is 4.71. The van der Waals surface area contributed by atoms with Gasteiger partial charge in [-0.15, -0.1) is 0 Å². The Morgan fingerprint density at radius 1 is 0.964 bits per heavy atom. The fourth-order valence-corrected chi connectivity index (χ4v) is 3.19. The molecule has 28 heavy (non-hydrogen) atoms. The van der Waals surface area contributed by atoms with E-state index in [-0.39, 0.29) is 11.6 Å². The van der Waals surface area contributed by atoms with Gasteiger partial charge in [0.25, 0.3) is 11.6 Å². The summed E-state index contributed by atoms with van der Waals surface area (Å²) in [5.41, 5.74) is 0.430. The Hall–Kier alpha value is -3.75. The van der Waals surface area contributed by atoms with E-state index in [0.717, 1.165) is 11.6 Å². The van der Waals surface area contributed by atoms with E-state index in [9.17, 15) is 14.9 Å². The van der Waals surface area contributed by atoms with Crippen molar-refractivity contribution in [2.24, 2.45) is 0 Å². The summed E-state index contributed by atoms with van der Waals surface area (Å²) in [7, 11) is 0. The molecule has 9 nitrogen and oxygen atoms in total. The Labute approximate surface area is 161 Å². The Morgan fingerprint density at radius 2 is 1.61 bits per heavy atom. The second-order valence-electron chi connectivity index (χ2n) is 6.41. The molecule has 1 aliphatic heterocycles. The van der Waals surface area contributed by atoms with Crippen LogP contribution in [0.15, 0.2) is 61.2 Å². The van der Waals surface area contributed by atoms with Crippen molar-refractivity contribution < 1.29 is 9.72 Å². The van der Waals surface area contributed by atoms with Crippen molar-refractivity contribution in [1.29, 1.82) is 0 Å². The molecule has 1 saturated heterocycles. The lowest BCUT2D eigenvalue weighted by Gasteiger charge is -2.35. The van der Waals surface area contributed by atoms with Gasteiger partial charge in [-0.05, 0) is 24.3 Å². The first-order valence-corrected chi connectivity index (χ1v) is 8.86. The molecule has 1 fully saturated rings. The second-order valence-corrected chi connectivity index (χ2v) is 6.41. The second kappa shape index (κ2) is 7.47. The number of benzene rings is 1. The van der Waals surface area contributed by atoms with Crippen LogP contribution in [0.5, 0.6) is 0 Å². The van der Waals surface area contributed by atoms with E-state index in [1.165, 1.54) is 24.3 Å². The Morgan fingerprint density at radius 3 is 2.25 bits per heavy atom. The van der Waals surface area contributed by atoms with Gasteiger partial charge in [-0.3, -0.25) is 14.9 Å². The summed E-state index contributed by atoms with van der Waals surface area (Å²) in [6.07, 6.45) is 5.39. The van der Waals surface area contributed by atoms with E-state index < -0.39 is 4.92 Å². The van der Waals surface area contributed by atoms with E-state index in [1.54, 1.807) is 11.2 Å². The van der Waals surface area contributed by atoms with Crippen LogP contribution in [0.25, 0.3) is 5.82 Å². The van der Waals surface area contributed by atoms with Gasteiger partial charge in [-0.2, -0.15) is 0 Å². The topological polar surface area (TPSA) is 97.4 Å². The maximum absolute atomic E-state index is 12.6. The summed E-state index contributed by atoms with van der Waals surface area (Å²) >= 11 is 0. The number of nitro groups is 1. The maximum Gasteiger partial charge on any atom is 0.269 e. The molecule has 1 aromatic carbocycles. The first-order valence-electron chi connectivity index (χ1n) is 8.86. The van der Waals surface area contributed by atoms with Crippen molar-refractivity contribution in [1.82, 2.24) is 19.4 Å². The third kappa shape index (κ3) is 3.54. The van der Waals surface area contributed by atoms with Crippen LogP contribution in [0.1, 0.15) is 10.4 Å². The van der Waals surface area contributed by atoms with E-state index in [1.807, 2.05) is 35.2 Å². The van der Waals surface area contributed by atoms with Crippen LogP contribution in [0.2, 0.25) is 0 Å². The summed E-state index contributed by atoms with van der Waals surface area (Å²) in [6.45, 7) is 2.42. The third-order valence-corrected chi connectivity index (χ3v) is 4.72. The van der Waals surface area contributed by atoms with Gasteiger partial charge < -0.3 is 14.4 Å². The Balaban J connectivity index is 1.41. The molecule has 142 valence electrons. The van der Waals surface area contributed by atoms with Gasteiger partial charge in [0.1, 0.15) is 18.0 Å². The fraction of sp³-hybridized carbons (Fsp3) is 0.211. The molecule has 4 rings (SSSR count). The molecule has 2 aromatic heterocycles. The molecule has 0 bridgehead atoms. The summed E-state index contributed by atoms with van der Waals surface area (Å²) in [5, 5.41) is 10.7. The lowest BCUT2D eigenvalue weighted by Crippen LogP contribution is -2.49. The number of amides is 1. The van der Waals surface area contributed by atoms with Crippen LogP contribution in [0.3, 0.4) is 0 Å². The van der Waals surface area contributed by atoms with E-state index in [2.05, 4.69) is 14.9 Å². The Bertz CT molecular complexity index is 979. The number of hydrogen-bond donors (Lipinski definition) is 0. The van der Waals surface area contributed by atoms with Gasteiger partial charge in [-0.1, -0.05) is 0 Å². The lowest BCUT2D eigenvalue weighted by molar-refractivity contribution is -0.384. The van der Waals surface area contributed by atoms with Gasteiger partial charge in [0, 0.05) is 62.3 Å². The van der Waals surface area contributed by atoms with Crippen LogP contribution in [-0.4, -0.2) is 56.4 Å². The van der Waals surface area contributed by atoms with E-state index in [4.69, 9.17) is 0 Å². The van der Waals surface area contributed by atoms with Crippen LogP contribution in [0, 0.1) is 10.1 Å². The average molecular weight is 378 g/mol. The molecular formula is C19H18N6O3. The molecule has 0 spiro atoms. The van der Waals surface area contributed by atoms with Crippen LogP contribution < -0.4 is 4.90 Å². The molecule has 1 aliphatic rings. The minimum absolute atomic E-state index is 0.0244. The summed E-state index contributed by atoms with van der Waals surface area (Å²) in [6, 6.07) is 11.5. The SMILES string of the molecule is O=C(c1ccc([N+](=O)[O-])cc1)N1CCN(c2cc(-n3cccc3)ncn2)CC1. The van der Waals surface area contributed by atoms with Crippen LogP contribution in [-0.2, 0) is 0 Å². The number of non-ortho nitro benzene ring substituents is 1. The number of carbonyl (C=O) groups is 1. The molecular weight excluding hydrogens is 360 g/mol. The predicted molar refractivity (Wildman–Crippen MR) is 103 cm³/mol. The van der Waals surface area contributed by atoms with Gasteiger partial charge in [0.2, 0.25) is 0 Å². The number of nitrogens with zero attached hydrogens (tertiary/aromatic N) is 6. The zero-order valence-electron chi connectivity index (χ0n) is 15.0. The summed E-state index contributed by atoms with van der Waals surface area (Å²) in [5.74, 6) is 1.49. The van der Waals surface area contributed by atoms with Crippen molar-refractivity contribution in [3.05, 3.63) is 76.9 Å².